The van der Waals surface area contributed by atoms with Gasteiger partial charge in [-0.05, 0) is 28.7 Å². The molecule has 6 nitrogen and oxygen atoms in total. The van der Waals surface area contributed by atoms with Crippen molar-refractivity contribution in [2.45, 2.75) is 12.8 Å². The molecular formula is C32H4F10N6. The van der Waals surface area contributed by atoms with E-state index in [1.165, 1.54) is 12.1 Å². The summed E-state index contributed by atoms with van der Waals surface area (Å²) in [6, 6.07) is 5.89. The SMILES string of the molecule is [C-]#[N+]C([N+]#[C-])=C1Cc2c(C#N)c3c(c(C#N)c2=C1c1c(F)c(F)c(F)c(F)c1F)CC(=C(C#N)C#N)C=3c1c(F)c(F)c(F)c(F)c1F. The molecule has 0 saturated carbocycles. The van der Waals surface area contributed by atoms with Crippen molar-refractivity contribution in [3.05, 3.63) is 147 Å². The third kappa shape index (κ3) is 4.14. The maximum Gasteiger partial charge on any atom is 0.523 e. The second-order valence-electron chi connectivity index (χ2n) is 9.78. The van der Waals surface area contributed by atoms with E-state index >= 15 is 17.6 Å². The van der Waals surface area contributed by atoms with Crippen LogP contribution in [0.4, 0.5) is 43.9 Å². The lowest BCUT2D eigenvalue weighted by Crippen LogP contribution is -2.27. The lowest BCUT2D eigenvalue weighted by atomic mass is 9.91. The fourth-order valence-electron chi connectivity index (χ4n) is 5.76. The van der Waals surface area contributed by atoms with Crippen LogP contribution >= 0.6 is 0 Å². The first-order valence-corrected chi connectivity index (χ1v) is 12.6. The van der Waals surface area contributed by atoms with Gasteiger partial charge in [-0.25, -0.2) is 43.9 Å². The van der Waals surface area contributed by atoms with Gasteiger partial charge in [0, 0.05) is 22.4 Å². The Hall–Kier alpha value is -6.88. The van der Waals surface area contributed by atoms with E-state index in [-0.39, 0.29) is 0 Å². The molecule has 0 saturated heterocycles. The van der Waals surface area contributed by atoms with Crippen LogP contribution in [0, 0.1) is 117 Å². The first-order chi connectivity index (χ1) is 22.8. The first kappa shape index (κ1) is 32.5. The molecule has 3 aromatic rings. The van der Waals surface area contributed by atoms with Crippen LogP contribution in [0.2, 0.25) is 0 Å². The lowest BCUT2D eigenvalue weighted by molar-refractivity contribution is 0.376. The van der Waals surface area contributed by atoms with Crippen LogP contribution in [0.3, 0.4) is 0 Å². The summed E-state index contributed by atoms with van der Waals surface area (Å²) in [5, 5.41) is 38.3. The molecular weight excluding hydrogens is 658 g/mol. The van der Waals surface area contributed by atoms with Gasteiger partial charge in [-0.1, -0.05) is 0 Å². The van der Waals surface area contributed by atoms with Gasteiger partial charge >= 0.3 is 5.82 Å². The first-order valence-electron chi connectivity index (χ1n) is 12.6. The molecule has 0 fully saturated rings. The van der Waals surface area contributed by atoms with Crippen molar-refractivity contribution < 1.29 is 43.9 Å². The summed E-state index contributed by atoms with van der Waals surface area (Å²) in [4.78, 5) is 5.82. The van der Waals surface area contributed by atoms with Crippen molar-refractivity contribution in [1.82, 2.24) is 0 Å². The minimum absolute atomic E-state index is 0.579. The van der Waals surface area contributed by atoms with Crippen LogP contribution in [0.15, 0.2) is 22.5 Å². The van der Waals surface area contributed by atoms with E-state index < -0.39 is 149 Å². The fraction of sp³-hybridized carbons (Fsp3) is 0.0625. The smallest absolute Gasteiger partial charge is 0.203 e. The van der Waals surface area contributed by atoms with Crippen LogP contribution < -0.4 is 10.4 Å². The van der Waals surface area contributed by atoms with Crippen LogP contribution in [-0.2, 0) is 12.8 Å². The van der Waals surface area contributed by atoms with Gasteiger partial charge in [-0.15, -0.1) is 0 Å². The van der Waals surface area contributed by atoms with Crippen LogP contribution in [0.5, 0.6) is 0 Å². The third-order valence-corrected chi connectivity index (χ3v) is 7.67. The average molecular weight is 662 g/mol. The van der Waals surface area contributed by atoms with Crippen molar-refractivity contribution in [1.29, 1.82) is 21.0 Å². The van der Waals surface area contributed by atoms with Gasteiger partial charge in [0.1, 0.15) is 43.0 Å². The molecule has 0 heterocycles. The Morgan fingerprint density at radius 1 is 0.500 bits per heavy atom. The van der Waals surface area contributed by atoms with Gasteiger partial charge in [0.15, 0.2) is 46.5 Å². The Balaban J connectivity index is 2.22. The molecule has 0 spiro atoms. The number of rotatable bonds is 2. The molecule has 0 radical (unpaired) electrons. The molecule has 16 heteroatoms. The van der Waals surface area contributed by atoms with E-state index in [4.69, 9.17) is 13.1 Å². The summed E-state index contributed by atoms with van der Waals surface area (Å²) in [6.07, 6.45) is -1.87. The maximum absolute atomic E-state index is 15.3. The summed E-state index contributed by atoms with van der Waals surface area (Å²) in [5.74, 6) is -25.9. The van der Waals surface area contributed by atoms with Gasteiger partial charge < -0.3 is 0 Å². The van der Waals surface area contributed by atoms with Gasteiger partial charge in [0.05, 0.1) is 27.8 Å². The molecule has 0 unspecified atom stereocenters. The quantitative estimate of drug-likeness (QED) is 0.115. The Kier molecular flexibility index (Phi) is 7.78. The van der Waals surface area contributed by atoms with E-state index in [9.17, 15) is 47.4 Å². The van der Waals surface area contributed by atoms with Crippen molar-refractivity contribution >= 4 is 11.1 Å². The van der Waals surface area contributed by atoms with E-state index in [2.05, 4.69) is 9.69 Å². The minimum atomic E-state index is -2.59. The second-order valence-corrected chi connectivity index (χ2v) is 9.78. The normalized spacial score (nSPS) is 12.8. The maximum atomic E-state index is 15.3. The van der Waals surface area contributed by atoms with Crippen LogP contribution in [-0.4, -0.2) is 0 Å². The summed E-state index contributed by atoms with van der Waals surface area (Å²) in [5.41, 5.74) is -10.8. The van der Waals surface area contributed by atoms with E-state index in [1.807, 2.05) is 0 Å². The molecule has 2 aliphatic rings. The Morgan fingerprint density at radius 3 is 1.12 bits per heavy atom. The highest BCUT2D eigenvalue weighted by Crippen LogP contribution is 2.41. The zero-order valence-corrected chi connectivity index (χ0v) is 22.9. The highest BCUT2D eigenvalue weighted by atomic mass is 19.2. The zero-order chi connectivity index (χ0) is 35.5. The van der Waals surface area contributed by atoms with Crippen molar-refractivity contribution in [2.24, 2.45) is 0 Å². The molecule has 0 atom stereocenters. The number of fused-ring (bicyclic) bond motifs is 2. The number of allylic oxidation sites excluding steroid dienone is 3. The number of hydrogen-bond acceptors (Lipinski definition) is 4. The predicted octanol–water partition coefficient (Wildman–Crippen LogP) is 5.73. The Labute approximate surface area is 260 Å². The number of benzene rings is 3. The molecule has 0 aromatic heterocycles. The monoisotopic (exact) mass is 662 g/mol. The number of hydrogen-bond donors (Lipinski definition) is 0. The summed E-state index contributed by atoms with van der Waals surface area (Å²) in [7, 11) is 0. The molecule has 232 valence electrons. The Bertz CT molecular complexity index is 2310. The topological polar surface area (TPSA) is 104 Å². The summed E-state index contributed by atoms with van der Waals surface area (Å²) >= 11 is 0. The molecule has 5 rings (SSSR count). The van der Waals surface area contributed by atoms with E-state index in [0.717, 1.165) is 0 Å². The molecule has 0 bridgehead atoms. The highest BCUT2D eigenvalue weighted by molar-refractivity contribution is 5.92. The molecule has 48 heavy (non-hydrogen) atoms. The lowest BCUT2D eigenvalue weighted by Gasteiger charge is -2.12. The largest absolute Gasteiger partial charge is 0.523 e. The van der Waals surface area contributed by atoms with Crippen LogP contribution in [0.1, 0.15) is 33.4 Å². The molecule has 2 aliphatic carbocycles. The molecule has 0 amide bonds. The zero-order valence-electron chi connectivity index (χ0n) is 22.9. The van der Waals surface area contributed by atoms with Crippen molar-refractivity contribution in [3.63, 3.8) is 0 Å². The fourth-order valence-corrected chi connectivity index (χ4v) is 5.76. The predicted molar refractivity (Wildman–Crippen MR) is 138 cm³/mol. The van der Waals surface area contributed by atoms with E-state index in [1.54, 1.807) is 12.1 Å². The average Bonchev–Trinajstić information content (AvgIpc) is 3.64. The number of halogens is 10. The molecule has 3 aromatic carbocycles. The Morgan fingerprint density at radius 2 is 0.812 bits per heavy atom. The van der Waals surface area contributed by atoms with Crippen molar-refractivity contribution in [3.8, 4) is 24.3 Å². The van der Waals surface area contributed by atoms with Gasteiger partial charge in [0.2, 0.25) is 11.6 Å². The number of nitrogens with zero attached hydrogens (tertiary/aromatic N) is 6. The standard InChI is InChI=1S/C32H4F10N6/c1-47-32(48-2)13-4-12-15(8-46)16-11(14(7-45)17(12)19(13)21-24(35)28(39)31(42)29(40)25(21)36)3-10(9(5-43)6-44)18(16)20-22(33)26(37)30(41)27(38)23(20)34/h3-4H2. The van der Waals surface area contributed by atoms with Gasteiger partial charge in [-0.3, -0.25) is 0 Å². The van der Waals surface area contributed by atoms with Gasteiger partial charge in [-0.2, -0.15) is 30.7 Å². The van der Waals surface area contributed by atoms with Gasteiger partial charge in [0.25, 0.3) is 0 Å². The minimum Gasteiger partial charge on any atom is -0.203 e. The third-order valence-electron chi connectivity index (χ3n) is 7.67. The second kappa shape index (κ2) is 11.5. The van der Waals surface area contributed by atoms with E-state index in [0.29, 0.717) is 0 Å². The van der Waals surface area contributed by atoms with Crippen LogP contribution in [0.25, 0.3) is 20.8 Å². The number of nitriles is 4. The highest BCUT2D eigenvalue weighted by Gasteiger charge is 2.41. The van der Waals surface area contributed by atoms with Crippen molar-refractivity contribution in [2.75, 3.05) is 0 Å². The summed E-state index contributed by atoms with van der Waals surface area (Å²) < 4.78 is 147. The summed E-state index contributed by atoms with van der Waals surface area (Å²) in [6.45, 7) is 14.7. The molecule has 0 aliphatic heterocycles. The molecule has 0 N–H and O–H groups in total.